The quantitative estimate of drug-likeness (QED) is 0.734. The minimum absolute atomic E-state index is 0.0197. The van der Waals surface area contributed by atoms with E-state index in [4.69, 9.17) is 0 Å². The molecular weight excluding hydrogens is 260 g/mol. The van der Waals surface area contributed by atoms with Gasteiger partial charge in [-0.1, -0.05) is 6.92 Å². The van der Waals surface area contributed by atoms with E-state index < -0.39 is 0 Å². The Hall–Kier alpha value is -1.59. The molecule has 0 atom stereocenters. The minimum Gasteiger partial charge on any atom is -0.469 e. The number of nitrogens with one attached hydrogen (secondary N) is 1. The Morgan fingerprint density at radius 2 is 1.80 bits per heavy atom. The third-order valence-electron chi connectivity index (χ3n) is 3.46. The van der Waals surface area contributed by atoms with Crippen LogP contribution in [0.4, 0.5) is 0 Å². The zero-order chi connectivity index (χ0) is 15.0. The highest BCUT2D eigenvalue weighted by atomic mass is 16.5. The predicted molar refractivity (Wildman–Crippen MR) is 73.9 cm³/mol. The number of hydrogen-bond donors (Lipinski definition) is 1. The van der Waals surface area contributed by atoms with Crippen LogP contribution in [0.5, 0.6) is 0 Å². The molecule has 0 aromatic heterocycles. The van der Waals surface area contributed by atoms with E-state index in [1.165, 1.54) is 7.11 Å². The van der Waals surface area contributed by atoms with Crippen LogP contribution in [-0.4, -0.2) is 48.9 Å². The van der Waals surface area contributed by atoms with Gasteiger partial charge in [0.1, 0.15) is 0 Å². The standard InChI is InChI=1S/C14H24N2O4/c1-3-4-12(17)15-11-7-9-16(10-8-11)13(18)5-6-14(19)20-2/h11H,3-10H2,1-2H3,(H,15,17). The van der Waals surface area contributed by atoms with Gasteiger partial charge in [-0.25, -0.2) is 0 Å². The van der Waals surface area contributed by atoms with Crippen molar-refractivity contribution in [3.8, 4) is 0 Å². The molecule has 0 spiro atoms. The molecule has 1 N–H and O–H groups in total. The molecule has 1 heterocycles. The molecule has 20 heavy (non-hydrogen) atoms. The maximum Gasteiger partial charge on any atom is 0.306 e. The number of esters is 1. The summed E-state index contributed by atoms with van der Waals surface area (Å²) in [6.07, 6.45) is 3.27. The molecule has 2 amide bonds. The molecule has 1 fully saturated rings. The van der Waals surface area contributed by atoms with Crippen LogP contribution in [0.1, 0.15) is 45.4 Å². The average Bonchev–Trinajstić information content (AvgIpc) is 2.45. The molecule has 0 unspecified atom stereocenters. The first kappa shape index (κ1) is 16.5. The van der Waals surface area contributed by atoms with E-state index in [9.17, 15) is 14.4 Å². The number of carbonyl (C=O) groups excluding carboxylic acids is 3. The third kappa shape index (κ3) is 5.59. The van der Waals surface area contributed by atoms with Crippen LogP contribution in [0.25, 0.3) is 0 Å². The molecule has 6 nitrogen and oxygen atoms in total. The van der Waals surface area contributed by atoms with E-state index in [1.807, 2.05) is 6.92 Å². The van der Waals surface area contributed by atoms with Crippen LogP contribution in [0.15, 0.2) is 0 Å². The van der Waals surface area contributed by atoms with Crippen molar-refractivity contribution < 1.29 is 19.1 Å². The van der Waals surface area contributed by atoms with Crippen molar-refractivity contribution >= 4 is 17.8 Å². The van der Waals surface area contributed by atoms with E-state index in [0.717, 1.165) is 19.3 Å². The molecule has 114 valence electrons. The molecule has 1 aliphatic heterocycles. The smallest absolute Gasteiger partial charge is 0.306 e. The van der Waals surface area contributed by atoms with Gasteiger partial charge in [-0.2, -0.15) is 0 Å². The lowest BCUT2D eigenvalue weighted by Gasteiger charge is -2.32. The van der Waals surface area contributed by atoms with Gasteiger partial charge < -0.3 is 15.0 Å². The highest BCUT2D eigenvalue weighted by molar-refractivity contribution is 5.81. The summed E-state index contributed by atoms with van der Waals surface area (Å²) in [6, 6.07) is 0.165. The van der Waals surface area contributed by atoms with Crippen molar-refractivity contribution in [2.24, 2.45) is 0 Å². The Morgan fingerprint density at radius 3 is 2.35 bits per heavy atom. The van der Waals surface area contributed by atoms with Gasteiger partial charge in [0.2, 0.25) is 11.8 Å². The van der Waals surface area contributed by atoms with Crippen LogP contribution in [0.2, 0.25) is 0 Å². The lowest BCUT2D eigenvalue weighted by atomic mass is 10.0. The lowest BCUT2D eigenvalue weighted by molar-refractivity contribution is -0.144. The molecule has 1 aliphatic rings. The summed E-state index contributed by atoms with van der Waals surface area (Å²) in [5.74, 6) is -0.295. The van der Waals surface area contributed by atoms with Gasteiger partial charge >= 0.3 is 5.97 Å². The van der Waals surface area contributed by atoms with E-state index in [2.05, 4.69) is 10.1 Å². The van der Waals surface area contributed by atoms with Crippen LogP contribution in [-0.2, 0) is 19.1 Å². The van der Waals surface area contributed by atoms with Gasteiger partial charge in [0.05, 0.1) is 13.5 Å². The number of rotatable bonds is 6. The van der Waals surface area contributed by atoms with Crippen molar-refractivity contribution in [3.63, 3.8) is 0 Å². The summed E-state index contributed by atoms with van der Waals surface area (Å²) in [5, 5.41) is 2.99. The molecule has 6 heteroatoms. The van der Waals surface area contributed by atoms with Gasteiger partial charge in [0.15, 0.2) is 0 Å². The summed E-state index contributed by atoms with van der Waals surface area (Å²) in [5.41, 5.74) is 0. The van der Waals surface area contributed by atoms with Crippen LogP contribution in [0.3, 0.4) is 0 Å². The first-order valence-corrected chi connectivity index (χ1v) is 7.20. The van der Waals surface area contributed by atoms with Gasteiger partial charge in [0, 0.05) is 32.0 Å². The van der Waals surface area contributed by atoms with E-state index in [0.29, 0.717) is 19.5 Å². The second-order valence-corrected chi connectivity index (χ2v) is 5.05. The van der Waals surface area contributed by atoms with E-state index in [1.54, 1.807) is 4.90 Å². The molecule has 0 bridgehead atoms. The Kier molecular flexibility index (Phi) is 7.04. The number of amides is 2. The maximum absolute atomic E-state index is 11.9. The second kappa shape index (κ2) is 8.55. The maximum atomic E-state index is 11.9. The molecule has 0 saturated carbocycles. The summed E-state index contributed by atoms with van der Waals surface area (Å²) in [4.78, 5) is 36.1. The van der Waals surface area contributed by atoms with Crippen molar-refractivity contribution in [1.82, 2.24) is 10.2 Å². The Balaban J connectivity index is 2.25. The van der Waals surface area contributed by atoms with Crippen molar-refractivity contribution in [1.29, 1.82) is 0 Å². The largest absolute Gasteiger partial charge is 0.469 e. The lowest BCUT2D eigenvalue weighted by Crippen LogP contribution is -2.46. The predicted octanol–water partition coefficient (Wildman–Crippen LogP) is 0.847. The van der Waals surface area contributed by atoms with Gasteiger partial charge in [0.25, 0.3) is 0 Å². The molecule has 1 rings (SSSR count). The first-order chi connectivity index (χ1) is 9.56. The number of hydrogen-bond acceptors (Lipinski definition) is 4. The average molecular weight is 284 g/mol. The summed E-state index contributed by atoms with van der Waals surface area (Å²) in [7, 11) is 1.32. The number of carbonyl (C=O) groups is 3. The molecule has 0 aromatic carbocycles. The highest BCUT2D eigenvalue weighted by Gasteiger charge is 2.23. The number of methoxy groups -OCH3 is 1. The van der Waals surface area contributed by atoms with Crippen molar-refractivity contribution in [3.05, 3.63) is 0 Å². The number of nitrogens with zero attached hydrogens (tertiary/aromatic N) is 1. The number of piperidine rings is 1. The molecular formula is C14H24N2O4. The minimum atomic E-state index is -0.361. The van der Waals surface area contributed by atoms with E-state index >= 15 is 0 Å². The van der Waals surface area contributed by atoms with Crippen molar-refractivity contribution in [2.45, 2.75) is 51.5 Å². The monoisotopic (exact) mass is 284 g/mol. The molecule has 0 radical (unpaired) electrons. The van der Waals surface area contributed by atoms with Crippen LogP contribution < -0.4 is 5.32 Å². The SMILES string of the molecule is CCCC(=O)NC1CCN(C(=O)CCC(=O)OC)CC1. The van der Waals surface area contributed by atoms with Gasteiger partial charge in [-0.3, -0.25) is 14.4 Å². The first-order valence-electron chi connectivity index (χ1n) is 7.20. The molecule has 0 aromatic rings. The zero-order valence-corrected chi connectivity index (χ0v) is 12.3. The highest BCUT2D eigenvalue weighted by Crippen LogP contribution is 2.12. The second-order valence-electron chi connectivity index (χ2n) is 5.05. The normalized spacial score (nSPS) is 15.8. The molecule has 1 saturated heterocycles. The van der Waals surface area contributed by atoms with Gasteiger partial charge in [-0.05, 0) is 19.3 Å². The Bertz CT molecular complexity index is 349. The van der Waals surface area contributed by atoms with Gasteiger partial charge in [-0.15, -0.1) is 0 Å². The summed E-state index contributed by atoms with van der Waals surface area (Å²) in [6.45, 7) is 3.25. The van der Waals surface area contributed by atoms with Crippen LogP contribution >= 0.6 is 0 Å². The summed E-state index contributed by atoms with van der Waals surface area (Å²) >= 11 is 0. The zero-order valence-electron chi connectivity index (χ0n) is 12.3. The van der Waals surface area contributed by atoms with Crippen LogP contribution in [0, 0.1) is 0 Å². The van der Waals surface area contributed by atoms with E-state index in [-0.39, 0.29) is 36.7 Å². The fraction of sp³-hybridized carbons (Fsp3) is 0.786. The third-order valence-corrected chi connectivity index (χ3v) is 3.46. The topological polar surface area (TPSA) is 75.7 Å². The fourth-order valence-electron chi connectivity index (χ4n) is 2.27. The van der Waals surface area contributed by atoms with Crippen molar-refractivity contribution in [2.75, 3.05) is 20.2 Å². The number of likely N-dealkylation sites (tertiary alicyclic amines) is 1. The fourth-order valence-corrected chi connectivity index (χ4v) is 2.27. The Labute approximate surface area is 119 Å². The summed E-state index contributed by atoms with van der Waals surface area (Å²) < 4.78 is 4.51. The Morgan fingerprint density at radius 1 is 1.15 bits per heavy atom. The number of ether oxygens (including phenoxy) is 1. The molecule has 0 aliphatic carbocycles.